The molecule has 178 valence electrons. The Bertz CT molecular complexity index is 636. The maximum Gasteiger partial charge on any atom is 0.208 e. The zero-order chi connectivity index (χ0) is 21.2. The molecule has 0 bridgehead atoms. The molecule has 1 atom stereocenters. The molecular formula is C22H40IN5O3. The van der Waals surface area contributed by atoms with Crippen molar-refractivity contribution in [3.8, 4) is 0 Å². The molecule has 1 aromatic heterocycles. The molecule has 2 N–H and O–H groups in total. The fourth-order valence-electron chi connectivity index (χ4n) is 3.95. The second-order valence-electron chi connectivity index (χ2n) is 8.51. The molecule has 2 aliphatic rings. The number of oxazole rings is 1. The van der Waals surface area contributed by atoms with Gasteiger partial charge in [-0.2, -0.15) is 0 Å². The van der Waals surface area contributed by atoms with Crippen LogP contribution in [-0.4, -0.2) is 75.5 Å². The predicted octanol–water partition coefficient (Wildman–Crippen LogP) is 2.73. The summed E-state index contributed by atoms with van der Waals surface area (Å²) in [5.41, 5.74) is 0.998. The van der Waals surface area contributed by atoms with E-state index < -0.39 is 0 Å². The quantitative estimate of drug-likeness (QED) is 0.201. The summed E-state index contributed by atoms with van der Waals surface area (Å²) < 4.78 is 16.8. The van der Waals surface area contributed by atoms with Crippen LogP contribution in [0.15, 0.2) is 9.41 Å². The van der Waals surface area contributed by atoms with Gasteiger partial charge in [-0.15, -0.1) is 24.0 Å². The molecule has 0 amide bonds. The lowest BCUT2D eigenvalue weighted by atomic mass is 9.97. The van der Waals surface area contributed by atoms with E-state index in [0.717, 1.165) is 95.3 Å². The lowest BCUT2D eigenvalue weighted by Crippen LogP contribution is -2.43. The summed E-state index contributed by atoms with van der Waals surface area (Å²) in [4.78, 5) is 11.3. The molecule has 0 aromatic carbocycles. The van der Waals surface area contributed by atoms with E-state index in [2.05, 4.69) is 25.5 Å². The van der Waals surface area contributed by atoms with Crippen LogP contribution in [0.1, 0.15) is 43.0 Å². The first kappa shape index (κ1) is 26.3. The van der Waals surface area contributed by atoms with Crippen LogP contribution in [0, 0.1) is 25.7 Å². The number of aromatic nitrogens is 1. The Labute approximate surface area is 203 Å². The highest BCUT2D eigenvalue weighted by atomic mass is 127. The van der Waals surface area contributed by atoms with Crippen LogP contribution in [0.4, 0.5) is 0 Å². The summed E-state index contributed by atoms with van der Waals surface area (Å²) in [5, 5.41) is 6.87. The van der Waals surface area contributed by atoms with Gasteiger partial charge in [0, 0.05) is 39.3 Å². The number of aliphatic imine (C=N–C) groups is 1. The number of rotatable bonds is 10. The summed E-state index contributed by atoms with van der Waals surface area (Å²) in [7, 11) is 1.83. The highest BCUT2D eigenvalue weighted by molar-refractivity contribution is 14.0. The van der Waals surface area contributed by atoms with Crippen molar-refractivity contribution in [1.82, 2.24) is 20.5 Å². The van der Waals surface area contributed by atoms with E-state index in [4.69, 9.17) is 13.9 Å². The number of ether oxygens (including phenoxy) is 2. The molecule has 9 heteroatoms. The molecular weight excluding hydrogens is 509 g/mol. The molecule has 8 nitrogen and oxygen atoms in total. The number of guanidine groups is 1. The molecule has 0 aliphatic carbocycles. The first-order valence-electron chi connectivity index (χ1n) is 11.4. The van der Waals surface area contributed by atoms with Crippen molar-refractivity contribution < 1.29 is 13.9 Å². The number of likely N-dealkylation sites (tertiary alicyclic amines) is 1. The van der Waals surface area contributed by atoms with Crippen molar-refractivity contribution in [2.24, 2.45) is 16.8 Å². The molecule has 2 fully saturated rings. The van der Waals surface area contributed by atoms with Gasteiger partial charge in [0.2, 0.25) is 5.89 Å². The molecule has 31 heavy (non-hydrogen) atoms. The number of nitrogens with one attached hydrogen (secondary N) is 2. The molecule has 0 spiro atoms. The Kier molecular flexibility index (Phi) is 12.1. The number of nitrogens with zero attached hydrogens (tertiary/aromatic N) is 3. The lowest BCUT2D eigenvalue weighted by molar-refractivity contribution is 0.0888. The topological polar surface area (TPSA) is 84.2 Å². The number of aryl methyl sites for hydroxylation is 2. The third kappa shape index (κ3) is 9.23. The number of piperidine rings is 1. The number of hydrogen-bond donors (Lipinski definition) is 2. The summed E-state index contributed by atoms with van der Waals surface area (Å²) in [6, 6.07) is 0. The van der Waals surface area contributed by atoms with Crippen LogP contribution in [0.3, 0.4) is 0 Å². The maximum absolute atomic E-state index is 5.75. The minimum absolute atomic E-state index is 0. The van der Waals surface area contributed by atoms with Crippen molar-refractivity contribution >= 4 is 29.9 Å². The number of hydrogen-bond acceptors (Lipinski definition) is 6. The minimum atomic E-state index is 0. The maximum atomic E-state index is 5.75. The SMILES string of the molecule is CN=C(NCCCOCC1CCOC1)NCC1CCN(Cc2nc(C)c(C)o2)CC1.I. The van der Waals surface area contributed by atoms with E-state index in [-0.39, 0.29) is 24.0 Å². The molecule has 2 saturated heterocycles. The van der Waals surface area contributed by atoms with E-state index >= 15 is 0 Å². The van der Waals surface area contributed by atoms with E-state index in [1.807, 2.05) is 20.9 Å². The van der Waals surface area contributed by atoms with Crippen LogP contribution in [0.2, 0.25) is 0 Å². The van der Waals surface area contributed by atoms with E-state index in [0.29, 0.717) is 11.8 Å². The standard InChI is InChI=1S/C22H39N5O3.HI/c1-17-18(2)30-21(26-17)14-27-9-5-19(6-10-27)13-25-22(23-3)24-8-4-11-28-15-20-7-12-29-16-20;/h19-20H,4-16H2,1-3H3,(H2,23,24,25);1H. The van der Waals surface area contributed by atoms with Crippen molar-refractivity contribution in [3.05, 3.63) is 17.3 Å². The fourth-order valence-corrected chi connectivity index (χ4v) is 3.95. The zero-order valence-electron chi connectivity index (χ0n) is 19.3. The number of halogens is 1. The Morgan fingerprint density at radius 2 is 2.00 bits per heavy atom. The van der Waals surface area contributed by atoms with Crippen molar-refractivity contribution in [2.45, 2.75) is 46.1 Å². The summed E-state index contributed by atoms with van der Waals surface area (Å²) >= 11 is 0. The van der Waals surface area contributed by atoms with Gasteiger partial charge in [0.15, 0.2) is 5.96 Å². The van der Waals surface area contributed by atoms with Crippen LogP contribution >= 0.6 is 24.0 Å². The van der Waals surface area contributed by atoms with Gasteiger partial charge >= 0.3 is 0 Å². The summed E-state index contributed by atoms with van der Waals surface area (Å²) in [6.45, 7) is 12.1. The molecule has 1 aromatic rings. The van der Waals surface area contributed by atoms with Gasteiger partial charge in [0.05, 0.1) is 25.5 Å². The second-order valence-corrected chi connectivity index (χ2v) is 8.51. The Balaban J connectivity index is 0.00000341. The summed E-state index contributed by atoms with van der Waals surface area (Å²) in [5.74, 6) is 3.91. The predicted molar refractivity (Wildman–Crippen MR) is 133 cm³/mol. The van der Waals surface area contributed by atoms with Gasteiger partial charge in [-0.3, -0.25) is 9.89 Å². The minimum Gasteiger partial charge on any atom is -0.444 e. The smallest absolute Gasteiger partial charge is 0.208 e. The van der Waals surface area contributed by atoms with Gasteiger partial charge < -0.3 is 24.5 Å². The van der Waals surface area contributed by atoms with Gasteiger partial charge in [0.1, 0.15) is 5.76 Å². The Morgan fingerprint density at radius 3 is 2.65 bits per heavy atom. The molecule has 3 heterocycles. The van der Waals surface area contributed by atoms with Crippen molar-refractivity contribution in [1.29, 1.82) is 0 Å². The second kappa shape index (κ2) is 14.3. The summed E-state index contributed by atoms with van der Waals surface area (Å²) in [6.07, 6.45) is 4.47. The average Bonchev–Trinajstić information content (AvgIpc) is 3.37. The Hall–Kier alpha value is -0.910. The zero-order valence-corrected chi connectivity index (χ0v) is 21.7. The molecule has 0 saturated carbocycles. The molecule has 0 radical (unpaired) electrons. The molecule has 3 rings (SSSR count). The normalized spacial score (nSPS) is 20.6. The van der Waals surface area contributed by atoms with Crippen molar-refractivity contribution in [3.63, 3.8) is 0 Å². The van der Waals surface area contributed by atoms with Crippen LogP contribution in [0.25, 0.3) is 0 Å². The highest BCUT2D eigenvalue weighted by Crippen LogP contribution is 2.19. The largest absolute Gasteiger partial charge is 0.444 e. The van der Waals surface area contributed by atoms with Gasteiger partial charge in [-0.25, -0.2) is 4.98 Å². The molecule has 1 unspecified atom stereocenters. The fraction of sp³-hybridized carbons (Fsp3) is 0.818. The van der Waals surface area contributed by atoms with Crippen LogP contribution in [-0.2, 0) is 16.0 Å². The molecule has 2 aliphatic heterocycles. The third-order valence-electron chi connectivity index (χ3n) is 6.06. The lowest BCUT2D eigenvalue weighted by Gasteiger charge is -2.31. The van der Waals surface area contributed by atoms with Gasteiger partial charge in [-0.05, 0) is 58.5 Å². The average molecular weight is 549 g/mol. The Morgan fingerprint density at radius 1 is 1.19 bits per heavy atom. The van der Waals surface area contributed by atoms with E-state index in [1.165, 1.54) is 12.8 Å². The van der Waals surface area contributed by atoms with Crippen molar-refractivity contribution in [2.75, 3.05) is 59.7 Å². The van der Waals surface area contributed by atoms with E-state index in [9.17, 15) is 0 Å². The van der Waals surface area contributed by atoms with Crippen LogP contribution < -0.4 is 10.6 Å². The van der Waals surface area contributed by atoms with E-state index in [1.54, 1.807) is 0 Å². The van der Waals surface area contributed by atoms with Gasteiger partial charge in [0.25, 0.3) is 0 Å². The third-order valence-corrected chi connectivity index (χ3v) is 6.06. The van der Waals surface area contributed by atoms with Crippen LogP contribution in [0.5, 0.6) is 0 Å². The van der Waals surface area contributed by atoms with Gasteiger partial charge in [-0.1, -0.05) is 0 Å². The monoisotopic (exact) mass is 549 g/mol. The highest BCUT2D eigenvalue weighted by Gasteiger charge is 2.21. The first-order chi connectivity index (χ1) is 14.6. The first-order valence-corrected chi connectivity index (χ1v) is 11.4.